The van der Waals surface area contributed by atoms with E-state index >= 15 is 0 Å². The number of benzene rings is 2. The Morgan fingerprint density at radius 2 is 2.05 bits per heavy atom. The summed E-state index contributed by atoms with van der Waals surface area (Å²) in [6.07, 6.45) is 0. The van der Waals surface area contributed by atoms with E-state index in [-0.39, 0.29) is 5.78 Å². The molecule has 4 heteroatoms. The quantitative estimate of drug-likeness (QED) is 0.788. The molecule has 2 aromatic carbocycles. The summed E-state index contributed by atoms with van der Waals surface area (Å²) < 4.78 is 19.1. The van der Waals surface area contributed by atoms with Crippen molar-refractivity contribution in [2.45, 2.75) is 6.92 Å². The fourth-order valence-corrected chi connectivity index (χ4v) is 2.26. The summed E-state index contributed by atoms with van der Waals surface area (Å²) in [5.74, 6) is 0.0347. The van der Waals surface area contributed by atoms with Gasteiger partial charge >= 0.3 is 0 Å². The van der Waals surface area contributed by atoms with Gasteiger partial charge < -0.3 is 4.74 Å². The predicted octanol–water partition coefficient (Wildman–Crippen LogP) is 4.22. The Morgan fingerprint density at radius 1 is 1.26 bits per heavy atom. The highest BCUT2D eigenvalue weighted by atomic mass is 79.9. The molecular weight excluding hydrogens is 311 g/mol. The van der Waals surface area contributed by atoms with Crippen molar-refractivity contribution in [3.8, 4) is 5.75 Å². The van der Waals surface area contributed by atoms with Crippen LogP contribution in [0, 0.1) is 5.82 Å². The summed E-state index contributed by atoms with van der Waals surface area (Å²) in [7, 11) is 0. The van der Waals surface area contributed by atoms with E-state index in [1.165, 1.54) is 18.2 Å². The lowest BCUT2D eigenvalue weighted by Gasteiger charge is -2.07. The molecule has 0 aliphatic heterocycles. The van der Waals surface area contributed by atoms with E-state index in [2.05, 4.69) is 15.9 Å². The maximum absolute atomic E-state index is 13.1. The minimum absolute atomic E-state index is 0.227. The predicted molar refractivity (Wildman–Crippen MR) is 75.1 cm³/mol. The molecular formula is C15H12BrFO2. The van der Waals surface area contributed by atoms with Crippen molar-refractivity contribution in [1.29, 1.82) is 0 Å². The van der Waals surface area contributed by atoms with Gasteiger partial charge in [-0.2, -0.15) is 0 Å². The van der Waals surface area contributed by atoms with E-state index in [0.717, 1.165) is 0 Å². The standard InChI is InChI=1S/C15H12BrFO2/c1-2-19-12-6-7-13(14(16)9-12)15(18)10-4-3-5-11(17)8-10/h3-9H,2H2,1H3. The molecule has 0 radical (unpaired) electrons. The van der Waals surface area contributed by atoms with Gasteiger partial charge in [0.15, 0.2) is 5.78 Å². The summed E-state index contributed by atoms with van der Waals surface area (Å²) in [5.41, 5.74) is 0.805. The Balaban J connectivity index is 2.34. The van der Waals surface area contributed by atoms with Crippen molar-refractivity contribution in [2.24, 2.45) is 0 Å². The van der Waals surface area contributed by atoms with Gasteiger partial charge in [0.05, 0.1) is 6.61 Å². The number of hydrogen-bond donors (Lipinski definition) is 0. The number of ketones is 1. The fourth-order valence-electron chi connectivity index (χ4n) is 1.72. The van der Waals surface area contributed by atoms with Gasteiger partial charge in [-0.1, -0.05) is 12.1 Å². The summed E-state index contributed by atoms with van der Waals surface area (Å²) in [6, 6.07) is 10.8. The van der Waals surface area contributed by atoms with Crippen LogP contribution in [0.15, 0.2) is 46.9 Å². The smallest absolute Gasteiger partial charge is 0.194 e. The summed E-state index contributed by atoms with van der Waals surface area (Å²) >= 11 is 3.34. The van der Waals surface area contributed by atoms with Crippen LogP contribution in [-0.2, 0) is 0 Å². The average Bonchev–Trinajstić information content (AvgIpc) is 2.38. The van der Waals surface area contributed by atoms with Crippen LogP contribution in [-0.4, -0.2) is 12.4 Å². The monoisotopic (exact) mass is 322 g/mol. The number of carbonyl (C=O) groups excluding carboxylic acids is 1. The molecule has 0 saturated heterocycles. The molecule has 19 heavy (non-hydrogen) atoms. The van der Waals surface area contributed by atoms with Gasteiger partial charge in [-0.25, -0.2) is 4.39 Å². The average molecular weight is 323 g/mol. The van der Waals surface area contributed by atoms with Gasteiger partial charge in [-0.05, 0) is 53.2 Å². The first kappa shape index (κ1) is 13.7. The molecule has 0 aromatic heterocycles. The van der Waals surface area contributed by atoms with Gasteiger partial charge in [0, 0.05) is 15.6 Å². The zero-order valence-electron chi connectivity index (χ0n) is 10.3. The Bertz CT molecular complexity index is 611. The zero-order valence-corrected chi connectivity index (χ0v) is 11.9. The highest BCUT2D eigenvalue weighted by molar-refractivity contribution is 9.10. The van der Waals surface area contributed by atoms with Gasteiger partial charge in [0.2, 0.25) is 0 Å². The van der Waals surface area contributed by atoms with Crippen LogP contribution in [0.2, 0.25) is 0 Å². The SMILES string of the molecule is CCOc1ccc(C(=O)c2cccc(F)c2)c(Br)c1. The van der Waals surface area contributed by atoms with Crippen LogP contribution >= 0.6 is 15.9 Å². The normalized spacial score (nSPS) is 10.3. The molecule has 0 atom stereocenters. The van der Waals surface area contributed by atoms with Crippen molar-refractivity contribution >= 4 is 21.7 Å². The first-order valence-electron chi connectivity index (χ1n) is 5.84. The van der Waals surface area contributed by atoms with Crippen molar-refractivity contribution in [3.63, 3.8) is 0 Å². The summed E-state index contributed by atoms with van der Waals surface area (Å²) in [5, 5.41) is 0. The molecule has 0 aliphatic carbocycles. The second-order valence-electron chi connectivity index (χ2n) is 3.91. The lowest BCUT2D eigenvalue weighted by molar-refractivity contribution is 0.103. The fraction of sp³-hybridized carbons (Fsp3) is 0.133. The second-order valence-corrected chi connectivity index (χ2v) is 4.77. The third-order valence-corrected chi connectivity index (χ3v) is 3.24. The molecule has 0 spiro atoms. The number of halogens is 2. The number of rotatable bonds is 4. The van der Waals surface area contributed by atoms with Crippen molar-refractivity contribution in [1.82, 2.24) is 0 Å². The Labute approximate surface area is 119 Å². The van der Waals surface area contributed by atoms with Gasteiger partial charge in [0.25, 0.3) is 0 Å². The topological polar surface area (TPSA) is 26.3 Å². The molecule has 2 aromatic rings. The second kappa shape index (κ2) is 5.97. The van der Waals surface area contributed by atoms with Crippen LogP contribution in [0.1, 0.15) is 22.8 Å². The largest absolute Gasteiger partial charge is 0.494 e. The van der Waals surface area contributed by atoms with E-state index in [0.29, 0.717) is 28.0 Å². The maximum Gasteiger partial charge on any atom is 0.194 e. The van der Waals surface area contributed by atoms with Gasteiger partial charge in [-0.15, -0.1) is 0 Å². The molecule has 0 saturated carbocycles. The number of carbonyl (C=O) groups is 1. The first-order chi connectivity index (χ1) is 9.11. The number of hydrogen-bond acceptors (Lipinski definition) is 2. The Kier molecular flexibility index (Phi) is 4.32. The molecule has 0 N–H and O–H groups in total. The van der Waals surface area contributed by atoms with Crippen LogP contribution in [0.3, 0.4) is 0 Å². The van der Waals surface area contributed by atoms with Crippen molar-refractivity contribution < 1.29 is 13.9 Å². The first-order valence-corrected chi connectivity index (χ1v) is 6.63. The molecule has 0 heterocycles. The zero-order chi connectivity index (χ0) is 13.8. The van der Waals surface area contributed by atoms with Crippen LogP contribution < -0.4 is 4.74 Å². The Hall–Kier alpha value is -1.68. The third kappa shape index (κ3) is 3.20. The van der Waals surface area contributed by atoms with Crippen LogP contribution in [0.25, 0.3) is 0 Å². The molecule has 0 fully saturated rings. The van der Waals surface area contributed by atoms with Gasteiger partial charge in [-0.3, -0.25) is 4.79 Å². The van der Waals surface area contributed by atoms with E-state index in [4.69, 9.17) is 4.74 Å². The molecule has 2 nitrogen and oxygen atoms in total. The van der Waals surface area contributed by atoms with Crippen molar-refractivity contribution in [2.75, 3.05) is 6.61 Å². The summed E-state index contributed by atoms with van der Waals surface area (Å²) in [6.45, 7) is 2.45. The third-order valence-electron chi connectivity index (χ3n) is 2.58. The highest BCUT2D eigenvalue weighted by Gasteiger charge is 2.13. The lowest BCUT2D eigenvalue weighted by atomic mass is 10.0. The van der Waals surface area contributed by atoms with E-state index in [1.807, 2.05) is 6.92 Å². The minimum Gasteiger partial charge on any atom is -0.494 e. The molecule has 0 aliphatic rings. The molecule has 98 valence electrons. The Morgan fingerprint density at radius 3 is 2.68 bits per heavy atom. The summed E-state index contributed by atoms with van der Waals surface area (Å²) in [4.78, 5) is 12.3. The number of ether oxygens (including phenoxy) is 1. The minimum atomic E-state index is -0.423. The maximum atomic E-state index is 13.1. The molecule has 0 amide bonds. The van der Waals surface area contributed by atoms with E-state index in [9.17, 15) is 9.18 Å². The lowest BCUT2D eigenvalue weighted by Crippen LogP contribution is -2.03. The molecule has 2 rings (SSSR count). The highest BCUT2D eigenvalue weighted by Crippen LogP contribution is 2.25. The van der Waals surface area contributed by atoms with E-state index in [1.54, 1.807) is 24.3 Å². The van der Waals surface area contributed by atoms with Gasteiger partial charge in [0.1, 0.15) is 11.6 Å². The van der Waals surface area contributed by atoms with Crippen LogP contribution in [0.5, 0.6) is 5.75 Å². The molecule has 0 bridgehead atoms. The van der Waals surface area contributed by atoms with Crippen LogP contribution in [0.4, 0.5) is 4.39 Å². The van der Waals surface area contributed by atoms with Crippen molar-refractivity contribution in [3.05, 3.63) is 63.9 Å². The van der Waals surface area contributed by atoms with E-state index < -0.39 is 5.82 Å². The molecule has 0 unspecified atom stereocenters.